The van der Waals surface area contributed by atoms with Crippen molar-refractivity contribution in [2.24, 2.45) is 0 Å². The van der Waals surface area contributed by atoms with Gasteiger partial charge in [-0.15, -0.1) is 0 Å². The normalized spacial score (nSPS) is 13.9. The Morgan fingerprint density at radius 3 is 1.94 bits per heavy atom. The van der Waals surface area contributed by atoms with Crippen LogP contribution in [-0.2, 0) is 11.2 Å². The Morgan fingerprint density at radius 2 is 1.31 bits per heavy atom. The summed E-state index contributed by atoms with van der Waals surface area (Å²) in [5, 5.41) is 23.6. The number of carbonyl (C=O) groups excluding carboxylic acids is 1. The van der Waals surface area contributed by atoms with E-state index in [0.29, 0.717) is 5.56 Å². The highest BCUT2D eigenvalue weighted by atomic mass is 16.5. The number of aliphatic hydroxyl groups is 2. The van der Waals surface area contributed by atoms with Gasteiger partial charge >= 0.3 is 6.09 Å². The summed E-state index contributed by atoms with van der Waals surface area (Å²) in [6.45, 7) is 0.0744. The molecule has 182 valence electrons. The molecule has 5 rings (SSSR count). The van der Waals surface area contributed by atoms with Crippen molar-refractivity contribution in [3.63, 3.8) is 0 Å². The van der Waals surface area contributed by atoms with Crippen LogP contribution in [0, 0.1) is 0 Å². The van der Waals surface area contributed by atoms with E-state index in [-0.39, 0.29) is 19.1 Å². The number of benzene rings is 4. The molecule has 5 heteroatoms. The molecule has 0 fully saturated rings. The number of fused-ring (bicyclic) bond motifs is 3. The van der Waals surface area contributed by atoms with Crippen LogP contribution in [0.25, 0.3) is 11.1 Å². The van der Waals surface area contributed by atoms with Crippen LogP contribution in [-0.4, -0.2) is 35.6 Å². The second-order valence-electron chi connectivity index (χ2n) is 9.12. The lowest BCUT2D eigenvalue weighted by Crippen LogP contribution is -2.36. The second kappa shape index (κ2) is 10.8. The largest absolute Gasteiger partial charge is 0.449 e. The Hall–Kier alpha value is -3.93. The van der Waals surface area contributed by atoms with Gasteiger partial charge in [-0.1, -0.05) is 103 Å². The number of aliphatic hydroxyl groups excluding tert-OH is 2. The van der Waals surface area contributed by atoms with Crippen molar-refractivity contribution in [3.8, 4) is 11.1 Å². The first-order chi connectivity index (χ1) is 17.6. The van der Waals surface area contributed by atoms with E-state index in [0.717, 1.165) is 34.2 Å². The third-order valence-electron chi connectivity index (χ3n) is 6.74. The van der Waals surface area contributed by atoms with Gasteiger partial charge in [-0.25, -0.2) is 4.79 Å². The van der Waals surface area contributed by atoms with E-state index in [2.05, 4.69) is 41.7 Å². The number of hydrogen-bond donors (Lipinski definition) is 3. The number of amides is 1. The van der Waals surface area contributed by atoms with E-state index in [1.807, 2.05) is 54.6 Å². The monoisotopic (exact) mass is 479 g/mol. The van der Waals surface area contributed by atoms with Crippen molar-refractivity contribution in [1.29, 1.82) is 0 Å². The molecular formula is C31H29NO4. The molecule has 0 heterocycles. The Bertz CT molecular complexity index is 1270. The van der Waals surface area contributed by atoms with E-state index < -0.39 is 18.3 Å². The zero-order valence-corrected chi connectivity index (χ0v) is 19.9. The minimum absolute atomic E-state index is 0.0342. The van der Waals surface area contributed by atoms with Crippen molar-refractivity contribution >= 4 is 6.09 Å². The van der Waals surface area contributed by atoms with Gasteiger partial charge in [-0.3, -0.25) is 0 Å². The highest BCUT2D eigenvalue weighted by molar-refractivity contribution is 5.79. The van der Waals surface area contributed by atoms with E-state index in [4.69, 9.17) is 4.74 Å². The van der Waals surface area contributed by atoms with E-state index in [1.165, 1.54) is 5.56 Å². The maximum Gasteiger partial charge on any atom is 0.407 e. The molecule has 0 spiro atoms. The molecule has 0 saturated carbocycles. The summed E-state index contributed by atoms with van der Waals surface area (Å²) in [7, 11) is 0. The van der Waals surface area contributed by atoms with E-state index >= 15 is 0 Å². The lowest BCUT2D eigenvalue weighted by molar-refractivity contribution is 0.0185. The standard InChI is InChI=1S/C31H29NO4/c33-29(30(34)23-16-14-22(15-17-23)18-21-8-2-1-3-9-21)19-32-31(35)36-20-28-26-12-6-4-10-24(26)25-11-5-7-13-27(25)28/h1-17,28-30,33-34H,18-20H2,(H,32,35). The molecular weight excluding hydrogens is 450 g/mol. The average Bonchev–Trinajstić information content (AvgIpc) is 3.25. The van der Waals surface area contributed by atoms with Crippen LogP contribution in [0.2, 0.25) is 0 Å². The Morgan fingerprint density at radius 1 is 0.750 bits per heavy atom. The molecule has 0 radical (unpaired) electrons. The number of rotatable bonds is 8. The summed E-state index contributed by atoms with van der Waals surface area (Å²) >= 11 is 0. The van der Waals surface area contributed by atoms with Crippen LogP contribution < -0.4 is 5.32 Å². The zero-order valence-electron chi connectivity index (χ0n) is 19.9. The minimum Gasteiger partial charge on any atom is -0.449 e. The molecule has 1 amide bonds. The first-order valence-corrected chi connectivity index (χ1v) is 12.2. The van der Waals surface area contributed by atoms with Crippen LogP contribution >= 0.6 is 0 Å². The number of ether oxygens (including phenoxy) is 1. The van der Waals surface area contributed by atoms with Crippen molar-refractivity contribution in [1.82, 2.24) is 5.32 Å². The smallest absolute Gasteiger partial charge is 0.407 e. The Kier molecular flexibility index (Phi) is 7.12. The quantitative estimate of drug-likeness (QED) is 0.324. The van der Waals surface area contributed by atoms with Gasteiger partial charge in [0.2, 0.25) is 0 Å². The highest BCUT2D eigenvalue weighted by Gasteiger charge is 2.29. The van der Waals surface area contributed by atoms with Gasteiger partial charge in [0.05, 0.1) is 0 Å². The molecule has 2 unspecified atom stereocenters. The summed E-state index contributed by atoms with van der Waals surface area (Å²) in [4.78, 5) is 12.4. The molecule has 4 aromatic rings. The fourth-order valence-electron chi connectivity index (χ4n) is 4.84. The second-order valence-corrected chi connectivity index (χ2v) is 9.12. The van der Waals surface area contributed by atoms with Crippen LogP contribution in [0.1, 0.15) is 39.8 Å². The summed E-state index contributed by atoms with van der Waals surface area (Å²) in [6, 6.07) is 33.9. The van der Waals surface area contributed by atoms with Crippen molar-refractivity contribution < 1.29 is 19.7 Å². The van der Waals surface area contributed by atoms with Gasteiger partial charge in [-0.05, 0) is 45.4 Å². The van der Waals surface area contributed by atoms with Crippen LogP contribution in [0.3, 0.4) is 0 Å². The molecule has 0 aromatic heterocycles. The van der Waals surface area contributed by atoms with Crippen LogP contribution in [0.4, 0.5) is 4.79 Å². The van der Waals surface area contributed by atoms with Gasteiger partial charge in [0, 0.05) is 12.5 Å². The molecule has 5 nitrogen and oxygen atoms in total. The van der Waals surface area contributed by atoms with Gasteiger partial charge in [-0.2, -0.15) is 0 Å². The predicted octanol–water partition coefficient (Wildman–Crippen LogP) is 5.21. The molecule has 36 heavy (non-hydrogen) atoms. The molecule has 1 aliphatic carbocycles. The molecule has 3 N–H and O–H groups in total. The average molecular weight is 480 g/mol. The van der Waals surface area contributed by atoms with Gasteiger partial charge < -0.3 is 20.3 Å². The first kappa shape index (κ1) is 23.8. The number of alkyl carbamates (subject to hydrolysis) is 1. The summed E-state index contributed by atoms with van der Waals surface area (Å²) in [5.74, 6) is -0.0342. The molecule has 0 aliphatic heterocycles. The van der Waals surface area contributed by atoms with Gasteiger partial charge in [0.25, 0.3) is 0 Å². The molecule has 0 saturated heterocycles. The summed E-state index contributed by atoms with van der Waals surface area (Å²) < 4.78 is 5.51. The number of hydrogen-bond acceptors (Lipinski definition) is 4. The van der Waals surface area contributed by atoms with E-state index in [9.17, 15) is 15.0 Å². The van der Waals surface area contributed by atoms with Crippen molar-refractivity contribution in [2.45, 2.75) is 24.5 Å². The van der Waals surface area contributed by atoms with Gasteiger partial charge in [0.1, 0.15) is 18.8 Å². The van der Waals surface area contributed by atoms with Crippen molar-refractivity contribution in [2.75, 3.05) is 13.2 Å². The molecule has 1 aliphatic rings. The summed E-state index contributed by atoms with van der Waals surface area (Å²) in [6.07, 6.45) is -2.11. The van der Waals surface area contributed by atoms with Gasteiger partial charge in [0.15, 0.2) is 0 Å². The zero-order chi connectivity index (χ0) is 24.9. The molecule has 0 bridgehead atoms. The lowest BCUT2D eigenvalue weighted by atomic mass is 9.98. The summed E-state index contributed by atoms with van der Waals surface area (Å²) in [5.41, 5.74) is 7.51. The van der Waals surface area contributed by atoms with Crippen molar-refractivity contribution in [3.05, 3.63) is 131 Å². The maximum absolute atomic E-state index is 12.4. The Labute approximate surface area is 211 Å². The third-order valence-corrected chi connectivity index (χ3v) is 6.74. The van der Waals surface area contributed by atoms with Crippen LogP contribution in [0.15, 0.2) is 103 Å². The number of nitrogens with one attached hydrogen (secondary N) is 1. The topological polar surface area (TPSA) is 78.8 Å². The number of carbonyl (C=O) groups is 1. The van der Waals surface area contributed by atoms with Crippen LogP contribution in [0.5, 0.6) is 0 Å². The minimum atomic E-state index is -1.16. The highest BCUT2D eigenvalue weighted by Crippen LogP contribution is 2.44. The predicted molar refractivity (Wildman–Crippen MR) is 140 cm³/mol. The Balaban J connectivity index is 1.13. The molecule has 2 atom stereocenters. The fraction of sp³-hybridized carbons (Fsp3) is 0.194. The molecule has 4 aromatic carbocycles. The lowest BCUT2D eigenvalue weighted by Gasteiger charge is -2.19. The third kappa shape index (κ3) is 5.18. The maximum atomic E-state index is 12.4. The first-order valence-electron chi connectivity index (χ1n) is 12.2. The SMILES string of the molecule is O=C(NCC(O)C(O)c1ccc(Cc2ccccc2)cc1)OCC1c2ccccc2-c2ccccc21. The fourth-order valence-corrected chi connectivity index (χ4v) is 4.84. The van der Waals surface area contributed by atoms with E-state index in [1.54, 1.807) is 12.1 Å².